The van der Waals surface area contributed by atoms with Crippen LogP contribution in [0.15, 0.2) is 53.0 Å². The summed E-state index contributed by atoms with van der Waals surface area (Å²) >= 11 is 9.62. The number of rotatable bonds is 5. The maximum absolute atomic E-state index is 6.12. The van der Waals surface area contributed by atoms with Crippen LogP contribution in [0, 0.1) is 0 Å². The van der Waals surface area contributed by atoms with E-state index >= 15 is 0 Å². The van der Waals surface area contributed by atoms with E-state index in [2.05, 4.69) is 85.7 Å². The van der Waals surface area contributed by atoms with Crippen molar-refractivity contribution in [2.45, 2.75) is 38.8 Å². The third-order valence-electron chi connectivity index (χ3n) is 4.79. The van der Waals surface area contributed by atoms with Crippen LogP contribution < -0.4 is 9.13 Å². The summed E-state index contributed by atoms with van der Waals surface area (Å²) in [5.74, 6) is 0. The molecule has 0 unspecified atom stereocenters. The van der Waals surface area contributed by atoms with Crippen molar-refractivity contribution in [3.63, 3.8) is 0 Å². The second-order valence-electron chi connectivity index (χ2n) is 6.72. The van der Waals surface area contributed by atoms with Gasteiger partial charge >= 0.3 is 0 Å². The van der Waals surface area contributed by atoms with Crippen molar-refractivity contribution < 1.29 is 0 Å². The van der Waals surface area contributed by atoms with E-state index in [1.54, 1.807) is 0 Å². The topological polar surface area (TPSA) is 6.48 Å². The molecule has 2 rings (SSSR count). The second kappa shape index (κ2) is 7.24. The lowest BCUT2D eigenvalue weighted by atomic mass is 9.81. The summed E-state index contributed by atoms with van der Waals surface area (Å²) in [6.45, 7) is 8.79. The summed E-state index contributed by atoms with van der Waals surface area (Å²) in [4.78, 5) is 0. The number of hydrogen-bond acceptors (Lipinski definition) is 2. The van der Waals surface area contributed by atoms with Gasteiger partial charge in [0.15, 0.2) is 20.8 Å². The molecule has 2 nitrogen and oxygen atoms in total. The summed E-state index contributed by atoms with van der Waals surface area (Å²) in [5.41, 5.74) is 1.60. The molecule has 0 heterocycles. The van der Waals surface area contributed by atoms with Gasteiger partial charge in [0, 0.05) is 26.9 Å². The Bertz CT molecular complexity index is 707. The van der Waals surface area contributed by atoms with Gasteiger partial charge in [-0.15, -0.1) is 0 Å². The summed E-state index contributed by atoms with van der Waals surface area (Å²) < 4.78 is 5.08. The number of nitrogens with zero attached hydrogens (tertiary/aromatic N) is 2. The first-order chi connectivity index (χ1) is 11.1. The third kappa shape index (κ3) is 3.59. The van der Waals surface area contributed by atoms with Gasteiger partial charge in [-0.2, -0.15) is 0 Å². The Morgan fingerprint density at radius 2 is 1.33 bits per heavy atom. The molecule has 0 aliphatic rings. The van der Waals surface area contributed by atoms with Gasteiger partial charge in [0.1, 0.15) is 0 Å². The van der Waals surface area contributed by atoms with Crippen LogP contribution in [0.1, 0.15) is 27.7 Å². The standard InChI is InChI=1S/C18H20BrClN2Si2/c1-17(2,21(23)13-8-6-5-7-9-13)18(3,4)22(24)14-10-11-16(20)15(19)12-14/h5-12H,1-4H3. The fraction of sp³-hybridized carbons (Fsp3) is 0.333. The van der Waals surface area contributed by atoms with Gasteiger partial charge in [-0.25, -0.2) is 0 Å². The van der Waals surface area contributed by atoms with Crippen LogP contribution in [0.4, 0.5) is 11.4 Å². The molecule has 0 aliphatic heterocycles. The minimum atomic E-state index is -0.269. The molecule has 0 bridgehead atoms. The zero-order valence-corrected chi connectivity index (χ0v) is 18.6. The molecule has 0 fully saturated rings. The van der Waals surface area contributed by atoms with Crippen LogP contribution in [0.3, 0.4) is 0 Å². The number of halogens is 2. The van der Waals surface area contributed by atoms with E-state index < -0.39 is 0 Å². The van der Waals surface area contributed by atoms with Gasteiger partial charge in [0.25, 0.3) is 0 Å². The summed E-state index contributed by atoms with van der Waals surface area (Å²) in [5, 5.41) is 0.696. The Hall–Kier alpha value is -0.756. The molecule has 0 atom stereocenters. The lowest BCUT2D eigenvalue weighted by Crippen LogP contribution is -2.65. The van der Waals surface area contributed by atoms with E-state index in [0.29, 0.717) is 5.02 Å². The highest BCUT2D eigenvalue weighted by molar-refractivity contribution is 9.10. The molecule has 24 heavy (non-hydrogen) atoms. The summed E-state index contributed by atoms with van der Waals surface area (Å²) in [6, 6.07) is 16.2. The van der Waals surface area contributed by atoms with E-state index in [1.165, 1.54) is 0 Å². The van der Waals surface area contributed by atoms with Gasteiger partial charge in [0.2, 0.25) is 0 Å². The quantitative estimate of drug-likeness (QED) is 0.600. The first-order valence-corrected chi connectivity index (χ1v) is 9.68. The highest BCUT2D eigenvalue weighted by Gasteiger charge is 2.43. The van der Waals surface area contributed by atoms with E-state index in [4.69, 9.17) is 11.6 Å². The summed E-state index contributed by atoms with van der Waals surface area (Å²) in [6.07, 6.45) is 0. The third-order valence-corrected chi connectivity index (χ3v) is 7.64. The Labute approximate surface area is 165 Å². The molecule has 6 radical (unpaired) electrons. The Morgan fingerprint density at radius 3 is 1.83 bits per heavy atom. The molecule has 0 amide bonds. The molecule has 2 aromatic carbocycles. The predicted molar refractivity (Wildman–Crippen MR) is 110 cm³/mol. The number of para-hydroxylation sites is 1. The molecule has 0 aromatic heterocycles. The van der Waals surface area contributed by atoms with E-state index in [-0.39, 0.29) is 11.1 Å². The number of benzene rings is 2. The lowest BCUT2D eigenvalue weighted by Gasteiger charge is -2.54. The maximum atomic E-state index is 6.12. The Morgan fingerprint density at radius 1 is 0.833 bits per heavy atom. The Balaban J connectivity index is 2.37. The predicted octanol–water partition coefficient (Wildman–Crippen LogP) is 5.14. The smallest absolute Gasteiger partial charge is 0.189 e. The summed E-state index contributed by atoms with van der Waals surface area (Å²) in [7, 11) is 7.65. The van der Waals surface area contributed by atoms with Crippen molar-refractivity contribution in [1.82, 2.24) is 0 Å². The van der Waals surface area contributed by atoms with Crippen molar-refractivity contribution in [3.8, 4) is 0 Å². The van der Waals surface area contributed by atoms with Gasteiger partial charge in [-0.05, 0) is 74.0 Å². The zero-order valence-electron chi connectivity index (χ0n) is 14.3. The van der Waals surface area contributed by atoms with Crippen molar-refractivity contribution in [2.24, 2.45) is 0 Å². The SMILES string of the molecule is CC(C)(N([Si])c1ccccc1)C(C)(C)N([Si])c1ccc(Cl)c(Br)c1. The van der Waals surface area contributed by atoms with E-state index in [0.717, 1.165) is 15.8 Å². The normalized spacial score (nSPS) is 12.2. The first kappa shape index (κ1) is 19.6. The highest BCUT2D eigenvalue weighted by Crippen LogP contribution is 2.38. The van der Waals surface area contributed by atoms with Crippen LogP contribution in [-0.2, 0) is 0 Å². The van der Waals surface area contributed by atoms with Crippen molar-refractivity contribution in [2.75, 3.05) is 9.13 Å². The molecule has 0 spiro atoms. The molecule has 0 saturated heterocycles. The van der Waals surface area contributed by atoms with Crippen molar-refractivity contribution in [3.05, 3.63) is 58.0 Å². The molecular formula is C18H20BrClN2Si2. The molecule has 124 valence electrons. The average Bonchev–Trinajstić information content (AvgIpc) is 2.56. The van der Waals surface area contributed by atoms with Crippen molar-refractivity contribution in [1.29, 1.82) is 0 Å². The lowest BCUT2D eigenvalue weighted by molar-refractivity contribution is 0.320. The number of anilines is 2. The van der Waals surface area contributed by atoms with Crippen LogP contribution in [0.5, 0.6) is 0 Å². The number of hydrogen-bond donors (Lipinski definition) is 0. The van der Waals surface area contributed by atoms with Crippen molar-refractivity contribution >= 4 is 59.7 Å². The molecule has 6 heteroatoms. The molecular weight excluding hydrogens is 416 g/mol. The maximum Gasteiger partial charge on any atom is 0.189 e. The average molecular weight is 436 g/mol. The van der Waals surface area contributed by atoms with Crippen LogP contribution in [0.25, 0.3) is 0 Å². The molecule has 2 aromatic rings. The monoisotopic (exact) mass is 434 g/mol. The van der Waals surface area contributed by atoms with Crippen LogP contribution in [-0.4, -0.2) is 31.9 Å². The zero-order chi connectivity index (χ0) is 18.1. The molecule has 0 N–H and O–H groups in total. The van der Waals surface area contributed by atoms with Crippen LogP contribution >= 0.6 is 27.5 Å². The molecule has 0 aliphatic carbocycles. The van der Waals surface area contributed by atoms with Crippen LogP contribution in [0.2, 0.25) is 5.02 Å². The van der Waals surface area contributed by atoms with Gasteiger partial charge in [0.05, 0.1) is 5.02 Å². The largest absolute Gasteiger partial charge is 0.392 e. The second-order valence-corrected chi connectivity index (χ2v) is 8.88. The fourth-order valence-corrected chi connectivity index (χ4v) is 3.71. The highest BCUT2D eigenvalue weighted by atomic mass is 79.9. The van der Waals surface area contributed by atoms with Gasteiger partial charge < -0.3 is 9.13 Å². The minimum absolute atomic E-state index is 0.251. The van der Waals surface area contributed by atoms with Gasteiger partial charge in [-0.3, -0.25) is 0 Å². The minimum Gasteiger partial charge on any atom is -0.392 e. The fourth-order valence-electron chi connectivity index (χ4n) is 2.39. The van der Waals surface area contributed by atoms with E-state index in [1.807, 2.05) is 36.4 Å². The van der Waals surface area contributed by atoms with Gasteiger partial charge in [-0.1, -0.05) is 29.8 Å². The Kier molecular flexibility index (Phi) is 5.90. The van der Waals surface area contributed by atoms with E-state index in [9.17, 15) is 0 Å². The first-order valence-electron chi connectivity index (χ1n) is 7.62. The molecule has 0 saturated carbocycles.